The second-order valence-corrected chi connectivity index (χ2v) is 8.58. The van der Waals surface area contributed by atoms with Gasteiger partial charge in [0.15, 0.2) is 9.84 Å². The monoisotopic (exact) mass is 388 g/mol. The van der Waals surface area contributed by atoms with E-state index >= 15 is 0 Å². The van der Waals surface area contributed by atoms with Crippen molar-refractivity contribution in [1.29, 1.82) is 0 Å². The van der Waals surface area contributed by atoms with Gasteiger partial charge < -0.3 is 4.74 Å². The second-order valence-electron chi connectivity index (χ2n) is 6.39. The number of halogens is 3. The van der Waals surface area contributed by atoms with Crippen LogP contribution in [0.15, 0.2) is 35.4 Å². The fourth-order valence-electron chi connectivity index (χ4n) is 3.39. The first-order valence-electron chi connectivity index (χ1n) is 8.11. The zero-order valence-corrected chi connectivity index (χ0v) is 15.1. The topological polar surface area (TPSA) is 61.2 Å². The van der Waals surface area contributed by atoms with Crippen molar-refractivity contribution in [3.05, 3.63) is 36.0 Å². The van der Waals surface area contributed by atoms with Gasteiger partial charge in [0, 0.05) is 25.9 Å². The molecule has 0 saturated heterocycles. The number of methoxy groups -OCH3 is 1. The molecule has 1 fully saturated rings. The maximum atomic E-state index is 13.6. The summed E-state index contributed by atoms with van der Waals surface area (Å²) in [6, 6.07) is 4.90. The Labute approximate surface area is 149 Å². The Bertz CT molecular complexity index is 906. The van der Waals surface area contributed by atoms with Gasteiger partial charge in [0.25, 0.3) is 0 Å². The van der Waals surface area contributed by atoms with Gasteiger partial charge in [-0.15, -0.1) is 0 Å². The van der Waals surface area contributed by atoms with E-state index in [2.05, 4.69) is 5.10 Å². The van der Waals surface area contributed by atoms with E-state index in [9.17, 15) is 21.6 Å². The van der Waals surface area contributed by atoms with Crippen LogP contribution in [-0.4, -0.2) is 36.7 Å². The van der Waals surface area contributed by atoms with Crippen molar-refractivity contribution in [2.45, 2.75) is 41.7 Å². The highest BCUT2D eigenvalue weighted by molar-refractivity contribution is 7.92. The molecule has 1 heterocycles. The first kappa shape index (κ1) is 18.9. The number of aromatic nitrogens is 2. The Morgan fingerprint density at radius 3 is 2.50 bits per heavy atom. The van der Waals surface area contributed by atoms with Crippen LogP contribution in [0.2, 0.25) is 0 Å². The molecule has 142 valence electrons. The first-order valence-corrected chi connectivity index (χ1v) is 9.65. The maximum Gasteiger partial charge on any atom is 0.417 e. The van der Waals surface area contributed by atoms with Crippen LogP contribution in [0.1, 0.15) is 24.8 Å². The van der Waals surface area contributed by atoms with Crippen LogP contribution in [0.5, 0.6) is 0 Å². The molecule has 0 bridgehead atoms. The lowest BCUT2D eigenvalue weighted by Gasteiger charge is -2.18. The lowest BCUT2D eigenvalue weighted by Crippen LogP contribution is -2.23. The molecule has 1 saturated carbocycles. The molecular formula is C17H19F3N2O3S. The molecule has 0 amide bonds. The summed E-state index contributed by atoms with van der Waals surface area (Å²) >= 11 is 0. The van der Waals surface area contributed by atoms with Gasteiger partial charge in [-0.1, -0.05) is 6.07 Å². The standard InChI is InChI=1S/C17H19F3N2O3S/c1-22-15(7-8-21-22)11-3-6-16(14(9-11)17(18,19)20)26(23,24)13-5-4-12(10-13)25-2/h3,6-9,12-13H,4-5,10H2,1-2H3/t12-,13-/m1/s1. The zero-order valence-electron chi connectivity index (χ0n) is 14.3. The number of nitrogens with zero attached hydrogens (tertiary/aromatic N) is 2. The van der Waals surface area contributed by atoms with Crippen LogP contribution in [0.25, 0.3) is 11.3 Å². The highest BCUT2D eigenvalue weighted by Gasteiger charge is 2.42. The fourth-order valence-corrected chi connectivity index (χ4v) is 5.40. The minimum atomic E-state index is -4.78. The largest absolute Gasteiger partial charge is 0.417 e. The van der Waals surface area contributed by atoms with Crippen LogP contribution < -0.4 is 0 Å². The van der Waals surface area contributed by atoms with Crippen LogP contribution in [0, 0.1) is 0 Å². The van der Waals surface area contributed by atoms with E-state index in [4.69, 9.17) is 4.74 Å². The lowest BCUT2D eigenvalue weighted by molar-refractivity contribution is -0.139. The number of aryl methyl sites for hydroxylation is 1. The molecule has 0 N–H and O–H groups in total. The van der Waals surface area contributed by atoms with Crippen LogP contribution >= 0.6 is 0 Å². The Balaban J connectivity index is 2.08. The van der Waals surface area contributed by atoms with Crippen molar-refractivity contribution in [1.82, 2.24) is 9.78 Å². The van der Waals surface area contributed by atoms with E-state index in [-0.39, 0.29) is 18.1 Å². The number of rotatable bonds is 4. The Kier molecular flexibility index (Phi) is 4.87. The average molecular weight is 388 g/mol. The summed E-state index contributed by atoms with van der Waals surface area (Å²) in [7, 11) is -1.03. The highest BCUT2D eigenvalue weighted by Crippen LogP contribution is 2.40. The molecule has 1 aromatic heterocycles. The molecule has 5 nitrogen and oxygen atoms in total. The second kappa shape index (κ2) is 6.70. The minimum absolute atomic E-state index is 0.208. The SMILES string of the molecule is CO[C@@H]1CC[C@@H](S(=O)(=O)c2ccc(-c3ccnn3C)cc2C(F)(F)F)C1. The molecule has 2 aromatic rings. The Hall–Kier alpha value is -1.87. The van der Waals surface area contributed by atoms with Gasteiger partial charge in [-0.25, -0.2) is 8.42 Å². The van der Waals surface area contributed by atoms with E-state index in [1.807, 2.05) is 0 Å². The van der Waals surface area contributed by atoms with Crippen LogP contribution in [0.4, 0.5) is 13.2 Å². The third-order valence-electron chi connectivity index (χ3n) is 4.82. The third-order valence-corrected chi connectivity index (χ3v) is 7.09. The van der Waals surface area contributed by atoms with Crippen LogP contribution in [0.3, 0.4) is 0 Å². The minimum Gasteiger partial charge on any atom is -0.381 e. The summed E-state index contributed by atoms with van der Waals surface area (Å²) in [5, 5.41) is 3.08. The first-order chi connectivity index (χ1) is 12.1. The molecule has 2 atom stereocenters. The average Bonchev–Trinajstić information content (AvgIpc) is 3.22. The van der Waals surface area contributed by atoms with Crippen LogP contribution in [-0.2, 0) is 27.8 Å². The quantitative estimate of drug-likeness (QED) is 0.805. The molecule has 3 rings (SSSR count). The zero-order chi connectivity index (χ0) is 19.1. The fraction of sp³-hybridized carbons (Fsp3) is 0.471. The molecule has 0 aliphatic heterocycles. The third kappa shape index (κ3) is 3.37. The van der Waals surface area contributed by atoms with Gasteiger partial charge in [-0.3, -0.25) is 4.68 Å². The van der Waals surface area contributed by atoms with Crippen molar-refractivity contribution < 1.29 is 26.3 Å². The molecule has 0 spiro atoms. The normalized spacial score (nSPS) is 21.3. The number of ether oxygens (including phenoxy) is 1. The van der Waals surface area contributed by atoms with E-state index in [1.165, 1.54) is 24.1 Å². The molecule has 0 radical (unpaired) electrons. The molecule has 1 aliphatic carbocycles. The molecule has 9 heteroatoms. The molecule has 26 heavy (non-hydrogen) atoms. The molecule has 0 unspecified atom stereocenters. The van der Waals surface area contributed by atoms with Crippen molar-refractivity contribution in [3.8, 4) is 11.3 Å². The number of sulfone groups is 1. The van der Waals surface area contributed by atoms with E-state index in [0.29, 0.717) is 18.5 Å². The summed E-state index contributed by atoms with van der Waals surface area (Å²) in [6.07, 6.45) is -2.53. The molecular weight excluding hydrogens is 369 g/mol. The highest BCUT2D eigenvalue weighted by atomic mass is 32.2. The Morgan fingerprint density at radius 2 is 1.96 bits per heavy atom. The van der Waals surface area contributed by atoms with E-state index in [0.717, 1.165) is 12.1 Å². The predicted octanol–water partition coefficient (Wildman–Crippen LogP) is 3.45. The van der Waals surface area contributed by atoms with Gasteiger partial charge in [-0.05, 0) is 37.5 Å². The van der Waals surface area contributed by atoms with Gasteiger partial charge in [0.05, 0.1) is 27.5 Å². The maximum absolute atomic E-state index is 13.6. The van der Waals surface area contributed by atoms with Gasteiger partial charge in [0.1, 0.15) is 0 Å². The summed E-state index contributed by atoms with van der Waals surface area (Å²) in [6.45, 7) is 0. The van der Waals surface area contributed by atoms with Crippen molar-refractivity contribution in [2.75, 3.05) is 7.11 Å². The number of benzene rings is 1. The molecule has 1 aromatic carbocycles. The summed E-state index contributed by atoms with van der Waals surface area (Å²) in [5.41, 5.74) is -0.408. The van der Waals surface area contributed by atoms with Gasteiger partial charge >= 0.3 is 6.18 Å². The van der Waals surface area contributed by atoms with Crippen molar-refractivity contribution in [3.63, 3.8) is 0 Å². The summed E-state index contributed by atoms with van der Waals surface area (Å²) in [4.78, 5) is -0.669. The lowest BCUT2D eigenvalue weighted by atomic mass is 10.1. The molecule has 1 aliphatic rings. The smallest absolute Gasteiger partial charge is 0.381 e. The predicted molar refractivity (Wildman–Crippen MR) is 89.3 cm³/mol. The van der Waals surface area contributed by atoms with E-state index in [1.54, 1.807) is 13.1 Å². The number of alkyl halides is 3. The van der Waals surface area contributed by atoms with E-state index < -0.39 is 31.7 Å². The summed E-state index contributed by atoms with van der Waals surface area (Å²) in [5.74, 6) is 0. The van der Waals surface area contributed by atoms with Crippen molar-refractivity contribution >= 4 is 9.84 Å². The van der Waals surface area contributed by atoms with Gasteiger partial charge in [0.2, 0.25) is 0 Å². The number of hydrogen-bond donors (Lipinski definition) is 0. The van der Waals surface area contributed by atoms with Crippen molar-refractivity contribution in [2.24, 2.45) is 7.05 Å². The number of hydrogen-bond acceptors (Lipinski definition) is 4. The van der Waals surface area contributed by atoms with Gasteiger partial charge in [-0.2, -0.15) is 18.3 Å². The Morgan fingerprint density at radius 1 is 1.23 bits per heavy atom. The summed E-state index contributed by atoms with van der Waals surface area (Å²) < 4.78 is 73.2.